The number of hydrogen-bond donors (Lipinski definition) is 1. The molecular formula is C14H18N2. The van der Waals surface area contributed by atoms with Gasteiger partial charge in [0.2, 0.25) is 0 Å². The maximum absolute atomic E-state index is 5.73. The Morgan fingerprint density at radius 2 is 2.00 bits per heavy atom. The van der Waals surface area contributed by atoms with Gasteiger partial charge in [0.15, 0.2) is 0 Å². The van der Waals surface area contributed by atoms with E-state index in [-0.39, 0.29) is 0 Å². The Kier molecular flexibility index (Phi) is 3.40. The third-order valence-corrected chi connectivity index (χ3v) is 2.81. The van der Waals surface area contributed by atoms with Crippen molar-refractivity contribution in [1.82, 2.24) is 4.98 Å². The average Bonchev–Trinajstić information content (AvgIpc) is 2.29. The number of unbranched alkanes of at least 4 members (excludes halogenated alkanes) is 2. The topological polar surface area (TPSA) is 38.9 Å². The molecule has 0 saturated heterocycles. The van der Waals surface area contributed by atoms with Gasteiger partial charge in [0.05, 0.1) is 5.52 Å². The SMILES string of the molecule is CCCCCc1ccc2cc(N)ccc2n1. The van der Waals surface area contributed by atoms with E-state index in [1.165, 1.54) is 25.0 Å². The lowest BCUT2D eigenvalue weighted by atomic mass is 10.1. The molecule has 0 fully saturated rings. The number of aryl methyl sites for hydroxylation is 1. The lowest BCUT2D eigenvalue weighted by Crippen LogP contribution is -1.92. The molecular weight excluding hydrogens is 196 g/mol. The quantitative estimate of drug-likeness (QED) is 0.624. The lowest BCUT2D eigenvalue weighted by Gasteiger charge is -2.03. The van der Waals surface area contributed by atoms with Crippen LogP contribution < -0.4 is 5.73 Å². The molecule has 1 aromatic carbocycles. The molecule has 0 bridgehead atoms. The molecule has 0 spiro atoms. The molecule has 1 aromatic heterocycles. The second-order valence-corrected chi connectivity index (χ2v) is 4.21. The molecule has 0 amide bonds. The molecule has 0 saturated carbocycles. The number of rotatable bonds is 4. The van der Waals surface area contributed by atoms with Gasteiger partial charge in [0.1, 0.15) is 0 Å². The Balaban J connectivity index is 2.20. The molecule has 2 nitrogen and oxygen atoms in total. The van der Waals surface area contributed by atoms with E-state index in [1.807, 2.05) is 18.2 Å². The first-order chi connectivity index (χ1) is 7.79. The average molecular weight is 214 g/mol. The van der Waals surface area contributed by atoms with E-state index >= 15 is 0 Å². The van der Waals surface area contributed by atoms with Crippen molar-refractivity contribution in [2.24, 2.45) is 0 Å². The second kappa shape index (κ2) is 4.97. The normalized spacial score (nSPS) is 10.8. The van der Waals surface area contributed by atoms with Gasteiger partial charge in [-0.1, -0.05) is 25.8 Å². The first-order valence-corrected chi connectivity index (χ1v) is 5.95. The van der Waals surface area contributed by atoms with E-state index in [0.717, 1.165) is 23.0 Å². The number of pyridine rings is 1. The van der Waals surface area contributed by atoms with Crippen LogP contribution in [0.5, 0.6) is 0 Å². The number of nitrogens with two attached hydrogens (primary N) is 1. The first kappa shape index (κ1) is 10.9. The van der Waals surface area contributed by atoms with Crippen molar-refractivity contribution in [3.05, 3.63) is 36.0 Å². The monoisotopic (exact) mass is 214 g/mol. The van der Waals surface area contributed by atoms with Crippen LogP contribution in [-0.2, 0) is 6.42 Å². The Morgan fingerprint density at radius 3 is 2.81 bits per heavy atom. The number of nitrogen functional groups attached to an aromatic ring is 1. The zero-order valence-electron chi connectivity index (χ0n) is 9.74. The molecule has 16 heavy (non-hydrogen) atoms. The van der Waals surface area contributed by atoms with Gasteiger partial charge < -0.3 is 5.73 Å². The molecule has 1 heterocycles. The highest BCUT2D eigenvalue weighted by Crippen LogP contribution is 2.16. The van der Waals surface area contributed by atoms with E-state index < -0.39 is 0 Å². The van der Waals surface area contributed by atoms with E-state index in [4.69, 9.17) is 5.73 Å². The van der Waals surface area contributed by atoms with Gasteiger partial charge in [-0.25, -0.2) is 0 Å². The maximum atomic E-state index is 5.73. The van der Waals surface area contributed by atoms with Crippen molar-refractivity contribution in [3.8, 4) is 0 Å². The van der Waals surface area contributed by atoms with Crippen LogP contribution in [-0.4, -0.2) is 4.98 Å². The summed E-state index contributed by atoms with van der Waals surface area (Å²) in [7, 11) is 0. The van der Waals surface area contributed by atoms with E-state index in [1.54, 1.807) is 0 Å². The fraction of sp³-hybridized carbons (Fsp3) is 0.357. The van der Waals surface area contributed by atoms with Crippen LogP contribution in [0.2, 0.25) is 0 Å². The molecule has 2 heteroatoms. The van der Waals surface area contributed by atoms with Gasteiger partial charge in [-0.3, -0.25) is 4.98 Å². The number of nitrogens with zero attached hydrogens (tertiary/aromatic N) is 1. The van der Waals surface area contributed by atoms with Gasteiger partial charge >= 0.3 is 0 Å². The Morgan fingerprint density at radius 1 is 1.12 bits per heavy atom. The molecule has 84 valence electrons. The summed E-state index contributed by atoms with van der Waals surface area (Å²) in [6, 6.07) is 10.1. The van der Waals surface area contributed by atoms with Gasteiger partial charge in [-0.2, -0.15) is 0 Å². The van der Waals surface area contributed by atoms with Gasteiger partial charge in [0, 0.05) is 16.8 Å². The fourth-order valence-electron chi connectivity index (χ4n) is 1.88. The zero-order chi connectivity index (χ0) is 11.4. The molecule has 2 rings (SSSR count). The lowest BCUT2D eigenvalue weighted by molar-refractivity contribution is 0.709. The minimum Gasteiger partial charge on any atom is -0.399 e. The third kappa shape index (κ3) is 2.51. The predicted octanol–water partition coefficient (Wildman–Crippen LogP) is 3.55. The van der Waals surface area contributed by atoms with Crippen LogP contribution in [0.25, 0.3) is 10.9 Å². The largest absolute Gasteiger partial charge is 0.399 e. The van der Waals surface area contributed by atoms with Crippen molar-refractivity contribution < 1.29 is 0 Å². The van der Waals surface area contributed by atoms with Crippen LogP contribution in [0.3, 0.4) is 0 Å². The van der Waals surface area contributed by atoms with Crippen LogP contribution >= 0.6 is 0 Å². The highest BCUT2D eigenvalue weighted by Gasteiger charge is 1.98. The fourth-order valence-corrected chi connectivity index (χ4v) is 1.88. The van der Waals surface area contributed by atoms with E-state index in [9.17, 15) is 0 Å². The van der Waals surface area contributed by atoms with E-state index in [2.05, 4.69) is 24.0 Å². The van der Waals surface area contributed by atoms with Gasteiger partial charge in [-0.15, -0.1) is 0 Å². The Labute approximate surface area is 96.5 Å². The Bertz CT molecular complexity index is 477. The summed E-state index contributed by atoms with van der Waals surface area (Å²) in [5, 5.41) is 1.12. The van der Waals surface area contributed by atoms with Crippen molar-refractivity contribution in [2.75, 3.05) is 5.73 Å². The molecule has 0 unspecified atom stereocenters. The van der Waals surface area contributed by atoms with Crippen LogP contribution in [0.1, 0.15) is 31.9 Å². The first-order valence-electron chi connectivity index (χ1n) is 5.95. The summed E-state index contributed by atoms with van der Waals surface area (Å²) in [6.45, 7) is 2.22. The highest BCUT2D eigenvalue weighted by molar-refractivity contribution is 5.81. The molecule has 0 atom stereocenters. The molecule has 2 N–H and O–H groups in total. The summed E-state index contributed by atoms with van der Waals surface area (Å²) in [6.07, 6.45) is 4.84. The number of hydrogen-bond acceptors (Lipinski definition) is 2. The van der Waals surface area contributed by atoms with Gasteiger partial charge in [-0.05, 0) is 37.1 Å². The zero-order valence-corrected chi connectivity index (χ0v) is 9.74. The molecule has 0 aliphatic heterocycles. The smallest absolute Gasteiger partial charge is 0.0706 e. The molecule has 0 aliphatic carbocycles. The highest BCUT2D eigenvalue weighted by atomic mass is 14.7. The second-order valence-electron chi connectivity index (χ2n) is 4.21. The number of aromatic nitrogens is 1. The minimum atomic E-state index is 0.799. The van der Waals surface area contributed by atoms with Crippen molar-refractivity contribution in [3.63, 3.8) is 0 Å². The number of benzene rings is 1. The van der Waals surface area contributed by atoms with Crippen molar-refractivity contribution >= 4 is 16.6 Å². The minimum absolute atomic E-state index is 0.799. The van der Waals surface area contributed by atoms with Gasteiger partial charge in [0.25, 0.3) is 0 Å². The van der Waals surface area contributed by atoms with Crippen LogP contribution in [0.15, 0.2) is 30.3 Å². The Hall–Kier alpha value is -1.57. The standard InChI is InChI=1S/C14H18N2/c1-2-3-4-5-13-8-6-11-10-12(15)7-9-14(11)16-13/h6-10H,2-5,15H2,1H3. The van der Waals surface area contributed by atoms with Crippen LogP contribution in [0.4, 0.5) is 5.69 Å². The summed E-state index contributed by atoms with van der Waals surface area (Å²) < 4.78 is 0. The molecule has 0 radical (unpaired) electrons. The van der Waals surface area contributed by atoms with Crippen molar-refractivity contribution in [1.29, 1.82) is 0 Å². The summed E-state index contributed by atoms with van der Waals surface area (Å²) in [5.74, 6) is 0. The maximum Gasteiger partial charge on any atom is 0.0706 e. The van der Waals surface area contributed by atoms with E-state index in [0.29, 0.717) is 0 Å². The van der Waals surface area contributed by atoms with Crippen LogP contribution in [0, 0.1) is 0 Å². The van der Waals surface area contributed by atoms with Crippen molar-refractivity contribution in [2.45, 2.75) is 32.6 Å². The number of anilines is 1. The third-order valence-electron chi connectivity index (χ3n) is 2.81. The number of fused-ring (bicyclic) bond motifs is 1. The summed E-state index contributed by atoms with van der Waals surface area (Å²) in [4.78, 5) is 4.63. The molecule has 2 aromatic rings. The summed E-state index contributed by atoms with van der Waals surface area (Å²) >= 11 is 0. The molecule has 0 aliphatic rings. The summed E-state index contributed by atoms with van der Waals surface area (Å²) in [5.41, 5.74) is 8.76. The predicted molar refractivity (Wildman–Crippen MR) is 69.4 cm³/mol.